The van der Waals surface area contributed by atoms with Crippen LogP contribution < -0.4 is 15.2 Å². The van der Waals surface area contributed by atoms with E-state index in [1.54, 1.807) is 42.5 Å². The Kier molecular flexibility index (Phi) is 7.08. The van der Waals surface area contributed by atoms with E-state index in [4.69, 9.17) is 10.5 Å². The van der Waals surface area contributed by atoms with Crippen molar-refractivity contribution in [3.63, 3.8) is 0 Å². The molecule has 0 aliphatic carbocycles. The average molecular weight is 527 g/mol. The number of nitrogens with zero attached hydrogens (tertiary/aromatic N) is 2. The number of hydrogen-bond acceptors (Lipinski definition) is 6. The van der Waals surface area contributed by atoms with E-state index in [-0.39, 0.29) is 23.2 Å². The Hall–Kier alpha value is -3.40. The van der Waals surface area contributed by atoms with Gasteiger partial charge in [0, 0.05) is 24.7 Å². The maximum Gasteiger partial charge on any atom is 0.241 e. The molecule has 1 amide bonds. The molecule has 0 saturated carbocycles. The number of amides is 1. The second kappa shape index (κ2) is 9.93. The summed E-state index contributed by atoms with van der Waals surface area (Å²) in [7, 11) is -2.33. The van der Waals surface area contributed by atoms with Crippen molar-refractivity contribution in [1.29, 1.82) is 0 Å². The number of hydrogen-bond donors (Lipinski definition) is 2. The third-order valence-corrected chi connectivity index (χ3v) is 8.01. The van der Waals surface area contributed by atoms with Crippen molar-refractivity contribution in [3.8, 4) is 5.75 Å². The second-order valence-electron chi connectivity index (χ2n) is 8.79. The summed E-state index contributed by atoms with van der Waals surface area (Å²) in [5, 5.41) is 3.47. The number of nitrogens with one attached hydrogen (secondary N) is 1. The number of carbonyl (C=O) groups is 1. The van der Waals surface area contributed by atoms with Gasteiger partial charge < -0.3 is 15.4 Å². The monoisotopic (exact) mass is 526 g/mol. The van der Waals surface area contributed by atoms with Crippen LogP contribution in [0, 0.1) is 6.92 Å². The summed E-state index contributed by atoms with van der Waals surface area (Å²) in [4.78, 5) is 19.0. The molecule has 1 saturated heterocycles. The van der Waals surface area contributed by atoms with Crippen LogP contribution in [0.15, 0.2) is 65.7 Å². The molecule has 1 aliphatic heterocycles. The molecule has 0 unspecified atom stereocenters. The molecule has 36 heavy (non-hydrogen) atoms. The molecule has 8 nitrogen and oxygen atoms in total. The molecule has 1 aromatic heterocycles. The van der Waals surface area contributed by atoms with Crippen molar-refractivity contribution >= 4 is 55.7 Å². The molecule has 1 aliphatic rings. The minimum Gasteiger partial charge on any atom is -0.497 e. The van der Waals surface area contributed by atoms with Crippen LogP contribution in [-0.2, 0) is 21.4 Å². The SMILES string of the molecule is COc1ccc2ccc(S(=O)(=O)N[C@H]3CCN(Cc4cc5c(N)nccc5cc4C)C3=O)cc2c1.Cl. The minimum atomic E-state index is -3.89. The van der Waals surface area contributed by atoms with Gasteiger partial charge in [0.05, 0.1) is 12.0 Å². The van der Waals surface area contributed by atoms with Crippen LogP contribution in [0.3, 0.4) is 0 Å². The van der Waals surface area contributed by atoms with Crippen LogP contribution in [-0.4, -0.2) is 43.9 Å². The van der Waals surface area contributed by atoms with Crippen molar-refractivity contribution in [1.82, 2.24) is 14.6 Å². The lowest BCUT2D eigenvalue weighted by Crippen LogP contribution is -2.41. The van der Waals surface area contributed by atoms with Crippen LogP contribution >= 0.6 is 12.4 Å². The summed E-state index contributed by atoms with van der Waals surface area (Å²) in [5.41, 5.74) is 8.02. The number of aromatic nitrogens is 1. The summed E-state index contributed by atoms with van der Waals surface area (Å²) in [5.74, 6) is 0.841. The lowest BCUT2D eigenvalue weighted by molar-refractivity contribution is -0.129. The molecule has 1 atom stereocenters. The molecule has 188 valence electrons. The zero-order valence-corrected chi connectivity index (χ0v) is 21.5. The first kappa shape index (κ1) is 25.7. The van der Waals surface area contributed by atoms with E-state index in [9.17, 15) is 13.2 Å². The highest BCUT2D eigenvalue weighted by molar-refractivity contribution is 7.89. The van der Waals surface area contributed by atoms with Gasteiger partial charge in [0.15, 0.2) is 0 Å². The van der Waals surface area contributed by atoms with Gasteiger partial charge in [-0.05, 0) is 77.0 Å². The fourth-order valence-corrected chi connectivity index (χ4v) is 5.79. The van der Waals surface area contributed by atoms with Gasteiger partial charge in [-0.1, -0.05) is 18.2 Å². The second-order valence-corrected chi connectivity index (χ2v) is 10.5. The number of nitrogens with two attached hydrogens (primary N) is 1. The number of nitrogen functional groups attached to an aromatic ring is 1. The first-order chi connectivity index (χ1) is 16.7. The number of aryl methyl sites for hydroxylation is 1. The van der Waals surface area contributed by atoms with Crippen LogP contribution in [0.4, 0.5) is 5.82 Å². The summed E-state index contributed by atoms with van der Waals surface area (Å²) in [6.07, 6.45) is 2.07. The van der Waals surface area contributed by atoms with Crippen LogP contribution in [0.25, 0.3) is 21.5 Å². The number of carbonyl (C=O) groups excluding carboxylic acids is 1. The van der Waals surface area contributed by atoms with Gasteiger partial charge in [0.1, 0.15) is 17.6 Å². The van der Waals surface area contributed by atoms with Crippen LogP contribution in [0.5, 0.6) is 5.75 Å². The average Bonchev–Trinajstić information content (AvgIpc) is 3.17. The number of likely N-dealkylation sites (tertiary alicyclic amines) is 1. The molecule has 1 fully saturated rings. The molecule has 0 bridgehead atoms. The first-order valence-electron chi connectivity index (χ1n) is 11.3. The van der Waals surface area contributed by atoms with Crippen LogP contribution in [0.2, 0.25) is 0 Å². The standard InChI is InChI=1S/C26H26N4O4S.ClH/c1-16-11-18-7-9-28-25(27)23(18)14-20(16)15-30-10-8-24(26(30)31)29-35(32,33)22-6-4-17-3-5-21(34-2)12-19(17)13-22;/h3-7,9,11-14,24,29H,8,10,15H2,1-2H3,(H2,27,28);1H/t24-;/m0./s1. The Morgan fingerprint density at radius 1 is 1.08 bits per heavy atom. The zero-order chi connectivity index (χ0) is 24.7. The van der Waals surface area contributed by atoms with E-state index < -0.39 is 16.1 Å². The van der Waals surface area contributed by atoms with Crippen molar-refractivity contribution in [2.75, 3.05) is 19.4 Å². The predicted molar refractivity (Wildman–Crippen MR) is 143 cm³/mol. The molecule has 10 heteroatoms. The lowest BCUT2D eigenvalue weighted by atomic mass is 10.0. The van der Waals surface area contributed by atoms with E-state index in [0.29, 0.717) is 31.1 Å². The molecule has 4 aromatic rings. The zero-order valence-electron chi connectivity index (χ0n) is 19.9. The molecule has 3 aromatic carbocycles. The number of sulfonamides is 1. The fraction of sp³-hybridized carbons (Fsp3) is 0.231. The normalized spacial score (nSPS) is 15.9. The number of methoxy groups -OCH3 is 1. The van der Waals surface area contributed by atoms with E-state index in [0.717, 1.165) is 32.7 Å². The molecular weight excluding hydrogens is 500 g/mol. The number of rotatable bonds is 6. The van der Waals surface area contributed by atoms with Gasteiger partial charge in [-0.2, -0.15) is 4.72 Å². The van der Waals surface area contributed by atoms with Gasteiger partial charge >= 0.3 is 0 Å². The van der Waals surface area contributed by atoms with Crippen molar-refractivity contribution in [3.05, 3.63) is 71.9 Å². The van der Waals surface area contributed by atoms with E-state index in [2.05, 4.69) is 9.71 Å². The molecule has 0 spiro atoms. The number of pyridine rings is 1. The number of benzene rings is 3. The minimum absolute atomic E-state index is 0. The fourth-order valence-electron chi connectivity index (χ4n) is 4.54. The van der Waals surface area contributed by atoms with E-state index in [1.807, 2.05) is 37.3 Å². The van der Waals surface area contributed by atoms with Crippen molar-refractivity contribution in [2.24, 2.45) is 0 Å². The van der Waals surface area contributed by atoms with Crippen LogP contribution in [0.1, 0.15) is 17.5 Å². The first-order valence-corrected chi connectivity index (χ1v) is 12.8. The Bertz CT molecular complexity index is 1580. The highest BCUT2D eigenvalue weighted by Gasteiger charge is 2.35. The molecule has 2 heterocycles. The molecule has 3 N–H and O–H groups in total. The predicted octanol–water partition coefficient (Wildman–Crippen LogP) is 3.79. The summed E-state index contributed by atoms with van der Waals surface area (Å²) >= 11 is 0. The van der Waals surface area contributed by atoms with E-state index >= 15 is 0 Å². The van der Waals surface area contributed by atoms with Gasteiger partial charge in [-0.25, -0.2) is 13.4 Å². The third kappa shape index (κ3) is 4.82. The molecule has 5 rings (SSSR count). The quantitative estimate of drug-likeness (QED) is 0.395. The van der Waals surface area contributed by atoms with Gasteiger partial charge in [0.2, 0.25) is 15.9 Å². The Morgan fingerprint density at radius 2 is 1.86 bits per heavy atom. The molecule has 0 radical (unpaired) electrons. The Labute approximate surface area is 215 Å². The summed E-state index contributed by atoms with van der Waals surface area (Å²) in [6.45, 7) is 2.82. The van der Waals surface area contributed by atoms with Gasteiger partial charge in [0.25, 0.3) is 0 Å². The highest BCUT2D eigenvalue weighted by Crippen LogP contribution is 2.27. The number of fused-ring (bicyclic) bond motifs is 2. The topological polar surface area (TPSA) is 115 Å². The number of anilines is 1. The Morgan fingerprint density at radius 3 is 2.64 bits per heavy atom. The van der Waals surface area contributed by atoms with Crippen molar-refractivity contribution < 1.29 is 17.9 Å². The number of ether oxygens (including phenoxy) is 1. The maximum atomic E-state index is 13.1. The maximum absolute atomic E-state index is 13.1. The van der Waals surface area contributed by atoms with Crippen molar-refractivity contribution in [2.45, 2.75) is 30.8 Å². The summed E-state index contributed by atoms with van der Waals surface area (Å²) in [6, 6.07) is 15.4. The third-order valence-electron chi connectivity index (χ3n) is 6.54. The largest absolute Gasteiger partial charge is 0.497 e. The lowest BCUT2D eigenvalue weighted by Gasteiger charge is -2.19. The highest BCUT2D eigenvalue weighted by atomic mass is 35.5. The van der Waals surface area contributed by atoms with Gasteiger partial charge in [-0.3, -0.25) is 4.79 Å². The van der Waals surface area contributed by atoms with E-state index in [1.165, 1.54) is 0 Å². The Balaban J connectivity index is 0.00000304. The number of halogens is 1. The summed E-state index contributed by atoms with van der Waals surface area (Å²) < 4.78 is 34.0. The molecular formula is C26H27ClN4O4S. The smallest absolute Gasteiger partial charge is 0.241 e. The van der Waals surface area contributed by atoms with Gasteiger partial charge in [-0.15, -0.1) is 12.4 Å².